The lowest BCUT2D eigenvalue weighted by Crippen LogP contribution is -2.32. The quantitative estimate of drug-likeness (QED) is 0.892. The van der Waals surface area contributed by atoms with Crippen molar-refractivity contribution in [2.45, 2.75) is 33.2 Å². The standard InChI is InChI=1S/C18H24N2O/c1-5-14-8-10-15(11-9-14)17(13(2)3)19-18(21)16-7-6-12-20(16)4/h6-13,17H,5H2,1-4H3,(H,19,21). The number of hydrogen-bond acceptors (Lipinski definition) is 1. The highest BCUT2D eigenvalue weighted by Gasteiger charge is 2.20. The van der Waals surface area contributed by atoms with E-state index in [4.69, 9.17) is 0 Å². The van der Waals surface area contributed by atoms with Gasteiger partial charge in [0.15, 0.2) is 0 Å². The van der Waals surface area contributed by atoms with E-state index in [0.717, 1.165) is 12.0 Å². The monoisotopic (exact) mass is 284 g/mol. The second kappa shape index (κ2) is 6.61. The van der Waals surface area contributed by atoms with Crippen molar-refractivity contribution in [3.8, 4) is 0 Å². The van der Waals surface area contributed by atoms with Crippen molar-refractivity contribution in [3.05, 3.63) is 59.4 Å². The highest BCUT2D eigenvalue weighted by atomic mass is 16.2. The summed E-state index contributed by atoms with van der Waals surface area (Å²) in [6.45, 7) is 6.40. The van der Waals surface area contributed by atoms with Crippen LogP contribution in [0.25, 0.3) is 0 Å². The average Bonchev–Trinajstić information content (AvgIpc) is 2.90. The van der Waals surface area contributed by atoms with Gasteiger partial charge >= 0.3 is 0 Å². The van der Waals surface area contributed by atoms with Gasteiger partial charge in [-0.05, 0) is 35.6 Å². The third-order valence-corrected chi connectivity index (χ3v) is 3.88. The number of amides is 1. The molecule has 0 radical (unpaired) electrons. The van der Waals surface area contributed by atoms with Gasteiger partial charge in [0, 0.05) is 13.2 Å². The molecule has 1 aromatic carbocycles. The van der Waals surface area contributed by atoms with Gasteiger partial charge < -0.3 is 9.88 Å². The van der Waals surface area contributed by atoms with E-state index in [-0.39, 0.29) is 11.9 Å². The van der Waals surface area contributed by atoms with Crippen LogP contribution in [0.2, 0.25) is 0 Å². The van der Waals surface area contributed by atoms with Crippen LogP contribution < -0.4 is 5.32 Å². The molecule has 3 nitrogen and oxygen atoms in total. The Morgan fingerprint density at radius 3 is 2.33 bits per heavy atom. The first-order valence-corrected chi connectivity index (χ1v) is 7.54. The molecule has 3 heteroatoms. The molecular formula is C18H24N2O. The van der Waals surface area contributed by atoms with E-state index in [2.05, 4.69) is 50.4 Å². The van der Waals surface area contributed by atoms with Crippen LogP contribution in [-0.2, 0) is 13.5 Å². The molecule has 0 saturated heterocycles. The second-order valence-corrected chi connectivity index (χ2v) is 5.79. The van der Waals surface area contributed by atoms with Crippen LogP contribution in [0.3, 0.4) is 0 Å². The van der Waals surface area contributed by atoms with Crippen molar-refractivity contribution < 1.29 is 4.79 Å². The van der Waals surface area contributed by atoms with Gasteiger partial charge in [-0.3, -0.25) is 4.79 Å². The Balaban J connectivity index is 2.19. The molecule has 0 spiro atoms. The van der Waals surface area contributed by atoms with Gasteiger partial charge in [0.1, 0.15) is 5.69 Å². The van der Waals surface area contributed by atoms with E-state index < -0.39 is 0 Å². The average molecular weight is 284 g/mol. The third-order valence-electron chi connectivity index (χ3n) is 3.88. The molecule has 1 atom stereocenters. The number of nitrogens with one attached hydrogen (secondary N) is 1. The van der Waals surface area contributed by atoms with E-state index in [0.29, 0.717) is 11.6 Å². The first-order valence-electron chi connectivity index (χ1n) is 7.54. The molecule has 0 bridgehead atoms. The Morgan fingerprint density at radius 1 is 1.19 bits per heavy atom. The second-order valence-electron chi connectivity index (χ2n) is 5.79. The largest absolute Gasteiger partial charge is 0.347 e. The van der Waals surface area contributed by atoms with Gasteiger partial charge in [0.2, 0.25) is 0 Å². The minimum Gasteiger partial charge on any atom is -0.347 e. The molecular weight excluding hydrogens is 260 g/mol. The first-order chi connectivity index (χ1) is 10.0. The normalized spacial score (nSPS) is 12.4. The lowest BCUT2D eigenvalue weighted by atomic mass is 9.94. The summed E-state index contributed by atoms with van der Waals surface area (Å²) in [6.07, 6.45) is 2.91. The van der Waals surface area contributed by atoms with Crippen LogP contribution >= 0.6 is 0 Å². The Kier molecular flexibility index (Phi) is 4.84. The first kappa shape index (κ1) is 15.4. The maximum atomic E-state index is 12.4. The van der Waals surface area contributed by atoms with Gasteiger partial charge in [0.05, 0.1) is 6.04 Å². The summed E-state index contributed by atoms with van der Waals surface area (Å²) in [5.41, 5.74) is 3.16. The molecule has 0 aliphatic heterocycles. The molecule has 2 aromatic rings. The minimum atomic E-state index is -0.0271. The molecule has 21 heavy (non-hydrogen) atoms. The third kappa shape index (κ3) is 3.54. The van der Waals surface area contributed by atoms with Gasteiger partial charge in [-0.15, -0.1) is 0 Å². The zero-order valence-electron chi connectivity index (χ0n) is 13.3. The molecule has 112 valence electrons. The van der Waals surface area contributed by atoms with Crippen LogP contribution in [0, 0.1) is 5.92 Å². The Morgan fingerprint density at radius 2 is 1.86 bits per heavy atom. The summed E-state index contributed by atoms with van der Waals surface area (Å²) < 4.78 is 1.84. The summed E-state index contributed by atoms with van der Waals surface area (Å²) in [5, 5.41) is 3.15. The molecule has 1 unspecified atom stereocenters. The van der Waals surface area contributed by atoms with E-state index in [9.17, 15) is 4.79 Å². The molecule has 0 aliphatic carbocycles. The number of nitrogens with zero attached hydrogens (tertiary/aromatic N) is 1. The fraction of sp³-hybridized carbons (Fsp3) is 0.389. The van der Waals surface area contributed by atoms with Gasteiger partial charge in [-0.2, -0.15) is 0 Å². The number of benzene rings is 1. The van der Waals surface area contributed by atoms with Crippen LogP contribution in [0.5, 0.6) is 0 Å². The number of hydrogen-bond donors (Lipinski definition) is 1. The predicted molar refractivity (Wildman–Crippen MR) is 86.3 cm³/mol. The summed E-state index contributed by atoms with van der Waals surface area (Å²) >= 11 is 0. The lowest BCUT2D eigenvalue weighted by molar-refractivity contribution is 0.0917. The van der Waals surface area contributed by atoms with Crippen molar-refractivity contribution in [3.63, 3.8) is 0 Å². The Bertz CT molecular complexity index is 596. The van der Waals surface area contributed by atoms with E-state index in [1.54, 1.807) is 0 Å². The van der Waals surface area contributed by atoms with E-state index >= 15 is 0 Å². The number of carbonyl (C=O) groups excluding carboxylic acids is 1. The van der Waals surface area contributed by atoms with Gasteiger partial charge in [0.25, 0.3) is 5.91 Å². The highest BCUT2D eigenvalue weighted by molar-refractivity contribution is 5.93. The number of aromatic nitrogens is 1. The van der Waals surface area contributed by atoms with Crippen LogP contribution in [0.15, 0.2) is 42.6 Å². The van der Waals surface area contributed by atoms with Crippen molar-refractivity contribution in [1.29, 1.82) is 0 Å². The van der Waals surface area contributed by atoms with Crippen LogP contribution in [-0.4, -0.2) is 10.5 Å². The summed E-state index contributed by atoms with van der Waals surface area (Å²) in [5.74, 6) is 0.308. The lowest BCUT2D eigenvalue weighted by Gasteiger charge is -2.23. The number of rotatable bonds is 5. The molecule has 0 aliphatic rings. The molecule has 0 saturated carbocycles. The molecule has 2 rings (SSSR count). The highest BCUT2D eigenvalue weighted by Crippen LogP contribution is 2.22. The number of carbonyl (C=O) groups is 1. The number of aryl methyl sites for hydroxylation is 2. The molecule has 0 fully saturated rings. The van der Waals surface area contributed by atoms with Crippen LogP contribution in [0.4, 0.5) is 0 Å². The van der Waals surface area contributed by atoms with Gasteiger partial charge in [-0.1, -0.05) is 45.0 Å². The molecule has 1 aromatic heterocycles. The maximum Gasteiger partial charge on any atom is 0.268 e. The molecule has 1 N–H and O–H groups in total. The maximum absolute atomic E-state index is 12.4. The van der Waals surface area contributed by atoms with E-state index in [1.165, 1.54) is 5.56 Å². The zero-order valence-corrected chi connectivity index (χ0v) is 13.3. The van der Waals surface area contributed by atoms with Crippen molar-refractivity contribution in [2.75, 3.05) is 0 Å². The SMILES string of the molecule is CCc1ccc(C(NC(=O)c2cccn2C)C(C)C)cc1. The fourth-order valence-corrected chi connectivity index (χ4v) is 2.51. The fourth-order valence-electron chi connectivity index (χ4n) is 2.51. The van der Waals surface area contributed by atoms with Crippen molar-refractivity contribution >= 4 is 5.91 Å². The summed E-state index contributed by atoms with van der Waals surface area (Å²) in [4.78, 5) is 12.4. The van der Waals surface area contributed by atoms with Crippen molar-refractivity contribution in [1.82, 2.24) is 9.88 Å². The van der Waals surface area contributed by atoms with Crippen molar-refractivity contribution in [2.24, 2.45) is 13.0 Å². The Hall–Kier alpha value is -2.03. The van der Waals surface area contributed by atoms with E-state index in [1.807, 2.05) is 29.9 Å². The summed E-state index contributed by atoms with van der Waals surface area (Å²) in [6, 6.07) is 12.3. The Labute approximate surface area is 127 Å². The molecule has 1 heterocycles. The molecule has 1 amide bonds. The summed E-state index contributed by atoms with van der Waals surface area (Å²) in [7, 11) is 1.88. The van der Waals surface area contributed by atoms with Gasteiger partial charge in [-0.25, -0.2) is 0 Å². The minimum absolute atomic E-state index is 0.0262. The van der Waals surface area contributed by atoms with Crippen LogP contribution in [0.1, 0.15) is 48.4 Å². The predicted octanol–water partition coefficient (Wildman–Crippen LogP) is 3.71. The zero-order chi connectivity index (χ0) is 15.4. The topological polar surface area (TPSA) is 34.0 Å². The smallest absolute Gasteiger partial charge is 0.268 e.